The number of aliphatic hydroxyl groups is 1. The summed E-state index contributed by atoms with van der Waals surface area (Å²) >= 11 is 0. The smallest absolute Gasteiger partial charge is 0.286 e. The molecule has 3 aliphatic carbocycles. The molecule has 2 aromatic carbocycles. The minimum atomic E-state index is -0.0669. The van der Waals surface area contributed by atoms with Gasteiger partial charge in [-0.2, -0.15) is 0 Å². The summed E-state index contributed by atoms with van der Waals surface area (Å²) in [6.45, 7) is 13.5. The molecule has 0 aliphatic heterocycles. The van der Waals surface area contributed by atoms with Crippen molar-refractivity contribution in [3.63, 3.8) is 0 Å². The summed E-state index contributed by atoms with van der Waals surface area (Å²) in [5.74, 6) is 2.49. The van der Waals surface area contributed by atoms with Gasteiger partial charge in [-0.15, -0.1) is 0 Å². The number of benzene rings is 2. The predicted molar refractivity (Wildman–Crippen MR) is 167 cm³/mol. The predicted octanol–water partition coefficient (Wildman–Crippen LogP) is 8.16. The second kappa shape index (κ2) is 14.0. The first kappa shape index (κ1) is 33.8. The van der Waals surface area contributed by atoms with Gasteiger partial charge in [0.05, 0.1) is 18.2 Å². The molecule has 41 heavy (non-hydrogen) atoms. The van der Waals surface area contributed by atoms with Crippen molar-refractivity contribution in [1.29, 1.82) is 0 Å². The highest BCUT2D eigenvalue weighted by atomic mass is 16.3. The lowest BCUT2D eigenvalue weighted by atomic mass is 9.55. The molecule has 2 atom stereocenters. The zero-order chi connectivity index (χ0) is 29.6. The highest BCUT2D eigenvalue weighted by Gasteiger charge is 2.45. The first-order chi connectivity index (χ1) is 18.7. The Balaban J connectivity index is 0.000000268. The zero-order valence-corrected chi connectivity index (χ0v) is 25.6. The fourth-order valence-corrected chi connectivity index (χ4v) is 7.21. The largest absolute Gasteiger partial charge is 0.508 e. The molecule has 0 heterocycles. The Kier molecular flexibility index (Phi) is 11.5. The summed E-state index contributed by atoms with van der Waals surface area (Å²) < 4.78 is 0. The van der Waals surface area contributed by atoms with Gasteiger partial charge >= 0.3 is 0 Å². The van der Waals surface area contributed by atoms with E-state index in [2.05, 4.69) is 71.9 Å². The maximum Gasteiger partial charge on any atom is 0.286 e. The van der Waals surface area contributed by atoms with Gasteiger partial charge in [0.2, 0.25) is 0 Å². The van der Waals surface area contributed by atoms with Crippen LogP contribution in [0.15, 0.2) is 78.6 Å². The van der Waals surface area contributed by atoms with E-state index in [0.29, 0.717) is 29.1 Å². The highest BCUT2D eigenvalue weighted by molar-refractivity contribution is 5.80. The van der Waals surface area contributed by atoms with Crippen LogP contribution in [0.1, 0.15) is 91.2 Å². The van der Waals surface area contributed by atoms with E-state index in [4.69, 9.17) is 5.11 Å². The SMILES string of the molecule is CC1CC(=O)CC(C)(C)C1.CC1CC(C)(C)CC(c2ccc(O)cc2)(c2ccc(O)cc2)C1.O.OC1=CC=CC=[C+]1. The van der Waals surface area contributed by atoms with Crippen LogP contribution in [0.25, 0.3) is 0 Å². The molecule has 5 nitrogen and oxygen atoms in total. The molecule has 2 unspecified atom stereocenters. The maximum atomic E-state index is 11.1. The van der Waals surface area contributed by atoms with E-state index in [0.717, 1.165) is 25.7 Å². The fourth-order valence-electron chi connectivity index (χ4n) is 7.21. The van der Waals surface area contributed by atoms with Crippen molar-refractivity contribution in [3.8, 4) is 11.5 Å². The first-order valence-electron chi connectivity index (χ1n) is 14.5. The van der Waals surface area contributed by atoms with Crippen molar-refractivity contribution in [2.45, 2.75) is 85.5 Å². The van der Waals surface area contributed by atoms with E-state index in [1.165, 1.54) is 24.0 Å². The molecule has 0 bridgehead atoms. The molecule has 0 amide bonds. The Morgan fingerprint density at radius 3 is 1.61 bits per heavy atom. The number of carbonyl (C=O) groups is 1. The number of hydrogen-bond acceptors (Lipinski definition) is 4. The molecule has 2 aromatic rings. The Hall–Kier alpha value is -3.40. The van der Waals surface area contributed by atoms with Gasteiger partial charge in [0, 0.05) is 24.3 Å². The van der Waals surface area contributed by atoms with Crippen LogP contribution in [-0.2, 0) is 10.2 Å². The lowest BCUT2D eigenvalue weighted by molar-refractivity contribution is -0.124. The lowest BCUT2D eigenvalue weighted by Gasteiger charge is -2.48. The molecule has 2 fully saturated rings. The number of ketones is 1. The van der Waals surface area contributed by atoms with E-state index >= 15 is 0 Å². The van der Waals surface area contributed by atoms with E-state index in [-0.39, 0.29) is 27.5 Å². The average molecular weight is 562 g/mol. The molecule has 5 rings (SSSR count). The highest BCUT2D eigenvalue weighted by Crippen LogP contribution is 2.53. The van der Waals surface area contributed by atoms with Crippen LogP contribution < -0.4 is 0 Å². The number of hydrogen-bond donors (Lipinski definition) is 3. The second-order valence-electron chi connectivity index (χ2n) is 13.7. The Morgan fingerprint density at radius 2 is 1.24 bits per heavy atom. The van der Waals surface area contributed by atoms with Crippen LogP contribution in [0.5, 0.6) is 11.5 Å². The van der Waals surface area contributed by atoms with Crippen LogP contribution in [0.2, 0.25) is 0 Å². The van der Waals surface area contributed by atoms with Crippen molar-refractivity contribution in [2.24, 2.45) is 22.7 Å². The Morgan fingerprint density at radius 1 is 0.732 bits per heavy atom. The van der Waals surface area contributed by atoms with Crippen LogP contribution >= 0.6 is 0 Å². The summed E-state index contributed by atoms with van der Waals surface area (Å²) in [6, 6.07) is 15.3. The van der Waals surface area contributed by atoms with E-state index in [1.54, 1.807) is 48.6 Å². The monoisotopic (exact) mass is 561 g/mol. The molecule has 5 N–H and O–H groups in total. The number of Topliss-reactive ketones (excluding diaryl/α,β-unsaturated/α-hetero) is 1. The van der Waals surface area contributed by atoms with Gasteiger partial charge in [-0.1, -0.05) is 65.8 Å². The van der Waals surface area contributed by atoms with E-state index in [9.17, 15) is 15.0 Å². The topological polar surface area (TPSA) is 109 Å². The first-order valence-corrected chi connectivity index (χ1v) is 14.5. The molecule has 3 aliphatic rings. The number of allylic oxidation sites excluding steroid dienone is 5. The number of rotatable bonds is 2. The van der Waals surface area contributed by atoms with Gasteiger partial charge in [-0.3, -0.25) is 4.79 Å². The Bertz CT molecular complexity index is 1170. The van der Waals surface area contributed by atoms with Crippen LogP contribution in [0.3, 0.4) is 0 Å². The number of carbonyl (C=O) groups excluding carboxylic acids is 1. The standard InChI is InChI=1S/C21H26O2.C9H16O.C6H4O.H2O/c1-15-12-20(2,3)14-21(13-15,16-4-8-18(22)9-5-16)17-6-10-19(23)11-7-17;1-7-4-8(10)6-9(2,3)5-7;7-6-4-2-1-3-5-6;/h4-11,15,22-23H,12-14H2,1-3H3;7H,4-6H2,1-3H3;1-4H;1H2/p+1. The van der Waals surface area contributed by atoms with E-state index in [1.807, 2.05) is 0 Å². The summed E-state index contributed by atoms with van der Waals surface area (Å²) in [7, 11) is 0. The maximum absolute atomic E-state index is 11.1. The van der Waals surface area contributed by atoms with Gasteiger partial charge in [-0.05, 0) is 83.7 Å². The molecule has 2 saturated carbocycles. The summed E-state index contributed by atoms with van der Waals surface area (Å²) in [4.78, 5) is 11.1. The zero-order valence-electron chi connectivity index (χ0n) is 25.6. The quantitative estimate of drug-likeness (QED) is 0.321. The molecule has 5 heteroatoms. The van der Waals surface area contributed by atoms with Crippen molar-refractivity contribution >= 4 is 5.78 Å². The summed E-state index contributed by atoms with van der Waals surface area (Å²) in [6.07, 6.45) is 15.6. The summed E-state index contributed by atoms with van der Waals surface area (Å²) in [5, 5.41) is 27.9. The van der Waals surface area contributed by atoms with Gasteiger partial charge in [0.25, 0.3) is 5.76 Å². The summed E-state index contributed by atoms with van der Waals surface area (Å²) in [5.41, 5.74) is 2.96. The molecule has 0 radical (unpaired) electrons. The number of phenolic OH excluding ortho intramolecular Hbond substituents is 2. The van der Waals surface area contributed by atoms with Crippen LogP contribution in [0, 0.1) is 28.7 Å². The lowest BCUT2D eigenvalue weighted by Crippen LogP contribution is -2.41. The number of aromatic hydroxyl groups is 2. The van der Waals surface area contributed by atoms with Crippen molar-refractivity contribution in [3.05, 3.63) is 95.8 Å². The van der Waals surface area contributed by atoms with Gasteiger partial charge in [-0.25, -0.2) is 0 Å². The molecular weight excluding hydrogens is 512 g/mol. The van der Waals surface area contributed by atoms with E-state index < -0.39 is 0 Å². The minimum absolute atomic E-state index is 0. The molecule has 0 saturated heterocycles. The number of phenols is 2. The molecule has 0 spiro atoms. The number of aliphatic hydroxyl groups excluding tert-OH is 1. The van der Waals surface area contributed by atoms with Gasteiger partial charge in [0.15, 0.2) is 0 Å². The van der Waals surface area contributed by atoms with Crippen molar-refractivity contribution in [2.75, 3.05) is 0 Å². The van der Waals surface area contributed by atoms with Crippen molar-refractivity contribution in [1.82, 2.24) is 0 Å². The fraction of sp³-hybridized carbons (Fsp3) is 0.472. The third-order valence-electron chi connectivity index (χ3n) is 8.06. The minimum Gasteiger partial charge on any atom is -0.508 e. The third-order valence-corrected chi connectivity index (χ3v) is 8.06. The van der Waals surface area contributed by atoms with Gasteiger partial charge < -0.3 is 20.8 Å². The third kappa shape index (κ3) is 9.88. The molecule has 0 aromatic heterocycles. The average Bonchev–Trinajstić information content (AvgIpc) is 2.83. The Labute approximate surface area is 246 Å². The van der Waals surface area contributed by atoms with Gasteiger partial charge in [0.1, 0.15) is 23.4 Å². The molecule has 222 valence electrons. The normalized spacial score (nSPS) is 23.3. The van der Waals surface area contributed by atoms with Crippen LogP contribution in [-0.4, -0.2) is 26.6 Å². The molecular formula is C36H49O5+. The van der Waals surface area contributed by atoms with Crippen LogP contribution in [0.4, 0.5) is 0 Å². The van der Waals surface area contributed by atoms with Crippen molar-refractivity contribution < 1.29 is 25.6 Å². The second-order valence-corrected chi connectivity index (χ2v) is 13.7.